The second kappa shape index (κ2) is 12.7. The number of thiazole rings is 1. The lowest BCUT2D eigenvalue weighted by Crippen LogP contribution is -1.98. The van der Waals surface area contributed by atoms with Crippen molar-refractivity contribution in [2.75, 3.05) is 0 Å². The summed E-state index contributed by atoms with van der Waals surface area (Å²) in [5.41, 5.74) is 12.2. The van der Waals surface area contributed by atoms with Crippen molar-refractivity contribution in [3.8, 4) is 61.0 Å². The third-order valence-electron chi connectivity index (χ3n) is 9.00. The molecule has 8 aromatic rings. The summed E-state index contributed by atoms with van der Waals surface area (Å²) < 4.78 is 1.07. The minimum absolute atomic E-state index is 0.00436. The van der Waals surface area contributed by atoms with Crippen LogP contribution in [-0.4, -0.2) is 15.1 Å². The summed E-state index contributed by atoms with van der Waals surface area (Å²) in [5, 5.41) is 12.7. The molecule has 0 amide bonds. The van der Waals surface area contributed by atoms with Crippen molar-refractivity contribution in [3.63, 3.8) is 0 Å². The number of phenols is 1. The van der Waals surface area contributed by atoms with E-state index in [1.165, 1.54) is 0 Å². The smallest absolute Gasteiger partial charge is 0.129 e. The molecular weight excluding hydrogens is 605 g/mol. The molecule has 1 atom stereocenters. The summed E-state index contributed by atoms with van der Waals surface area (Å²) >= 11 is 1.61. The van der Waals surface area contributed by atoms with E-state index in [9.17, 15) is 5.11 Å². The van der Waals surface area contributed by atoms with Gasteiger partial charge in [0.2, 0.25) is 0 Å². The van der Waals surface area contributed by atoms with Crippen molar-refractivity contribution in [2.24, 2.45) is 0 Å². The van der Waals surface area contributed by atoms with Crippen LogP contribution in [0.5, 0.6) is 5.75 Å². The Morgan fingerprint density at radius 3 is 1.94 bits per heavy atom. The maximum atomic E-state index is 11.9. The van der Waals surface area contributed by atoms with E-state index < -0.39 is 0 Å². The quantitative estimate of drug-likeness (QED) is 0.189. The van der Waals surface area contributed by atoms with Gasteiger partial charge in [-0.3, -0.25) is 4.98 Å². The van der Waals surface area contributed by atoms with Gasteiger partial charge < -0.3 is 5.11 Å². The molecule has 4 heteroatoms. The molecule has 1 unspecified atom stereocenters. The van der Waals surface area contributed by atoms with Gasteiger partial charge in [-0.1, -0.05) is 128 Å². The van der Waals surface area contributed by atoms with Crippen LogP contribution in [0, 0.1) is 0 Å². The number of nitrogens with zero attached hydrogens (tertiary/aromatic N) is 2. The molecule has 0 spiro atoms. The maximum Gasteiger partial charge on any atom is 0.129 e. The highest BCUT2D eigenvalue weighted by molar-refractivity contribution is 7.21. The Hall–Kier alpha value is -5.84. The van der Waals surface area contributed by atoms with Crippen LogP contribution in [0.4, 0.5) is 0 Å². The fourth-order valence-corrected chi connectivity index (χ4v) is 7.42. The molecule has 0 aliphatic heterocycles. The first kappa shape index (κ1) is 29.6. The summed E-state index contributed by atoms with van der Waals surface area (Å²) in [7, 11) is 0. The standard InChI is InChI=1S/C44H32N2OS/c1-29(30-13-5-2-6-14-30)38-26-36(32-17-9-4-10-18-32)27-39(43(38)47)44-46-42-37(21-12-22-41(42)48-44)34-19-11-20-35(25-34)40-28-33(23-24-45-40)31-15-7-3-8-16-31/h2-29,47H,1H3. The molecule has 6 aromatic carbocycles. The molecule has 48 heavy (non-hydrogen) atoms. The first-order valence-electron chi connectivity index (χ1n) is 16.1. The van der Waals surface area contributed by atoms with E-state index in [2.05, 4.69) is 122 Å². The SMILES string of the molecule is CC(c1ccccc1)c1cc(-c2ccccc2)cc(-c2nc3c(-c4cccc(-c5cc(-c6ccccc6)ccn5)c4)cccc3s2)c1O. The number of fused-ring (bicyclic) bond motifs is 1. The van der Waals surface area contributed by atoms with Crippen LogP contribution in [0.3, 0.4) is 0 Å². The number of rotatable bonds is 7. The third kappa shape index (κ3) is 5.68. The Kier molecular flexibility index (Phi) is 7.85. The van der Waals surface area contributed by atoms with Crippen molar-refractivity contribution in [3.05, 3.63) is 175 Å². The number of benzene rings is 6. The summed E-state index contributed by atoms with van der Waals surface area (Å²) in [4.78, 5) is 9.95. The molecule has 0 aliphatic carbocycles. The van der Waals surface area contributed by atoms with E-state index in [0.29, 0.717) is 0 Å². The van der Waals surface area contributed by atoms with Crippen molar-refractivity contribution in [1.82, 2.24) is 9.97 Å². The number of phenolic OH excluding ortho intramolecular Hbond substituents is 1. The van der Waals surface area contributed by atoms with Crippen LogP contribution in [0.1, 0.15) is 24.0 Å². The first-order valence-corrected chi connectivity index (χ1v) is 16.9. The highest BCUT2D eigenvalue weighted by Crippen LogP contribution is 2.45. The van der Waals surface area contributed by atoms with Crippen LogP contribution in [0.2, 0.25) is 0 Å². The third-order valence-corrected chi connectivity index (χ3v) is 10.1. The normalized spacial score (nSPS) is 11.9. The van der Waals surface area contributed by atoms with Gasteiger partial charge in [0.1, 0.15) is 10.8 Å². The van der Waals surface area contributed by atoms with Gasteiger partial charge in [0, 0.05) is 28.8 Å². The van der Waals surface area contributed by atoms with E-state index in [-0.39, 0.29) is 11.7 Å². The number of hydrogen-bond donors (Lipinski definition) is 1. The van der Waals surface area contributed by atoms with E-state index in [1.807, 2.05) is 48.7 Å². The number of aromatic nitrogens is 2. The molecule has 0 saturated heterocycles. The molecule has 1 N–H and O–H groups in total. The summed E-state index contributed by atoms with van der Waals surface area (Å²) in [5.74, 6) is 0.272. The van der Waals surface area contributed by atoms with Crippen molar-refractivity contribution < 1.29 is 5.11 Å². The Bertz CT molecular complexity index is 2370. The van der Waals surface area contributed by atoms with Crippen LogP contribution >= 0.6 is 11.3 Å². The highest BCUT2D eigenvalue weighted by Gasteiger charge is 2.21. The fraction of sp³-hybridized carbons (Fsp3) is 0.0455. The molecule has 0 saturated carbocycles. The van der Waals surface area contributed by atoms with Crippen molar-refractivity contribution in [1.29, 1.82) is 0 Å². The zero-order valence-corrected chi connectivity index (χ0v) is 27.2. The van der Waals surface area contributed by atoms with Gasteiger partial charge in [-0.15, -0.1) is 11.3 Å². The lowest BCUT2D eigenvalue weighted by molar-refractivity contribution is 0.468. The fourth-order valence-electron chi connectivity index (χ4n) is 6.41. The summed E-state index contributed by atoms with van der Waals surface area (Å²) in [6, 6.07) is 54.3. The Morgan fingerprint density at radius 2 is 1.19 bits per heavy atom. The molecule has 0 fully saturated rings. The van der Waals surface area contributed by atoms with E-state index >= 15 is 0 Å². The van der Waals surface area contributed by atoms with Crippen LogP contribution in [-0.2, 0) is 0 Å². The molecule has 2 aromatic heterocycles. The second-order valence-corrected chi connectivity index (χ2v) is 13.0. The predicted molar refractivity (Wildman–Crippen MR) is 200 cm³/mol. The van der Waals surface area contributed by atoms with E-state index in [1.54, 1.807) is 11.3 Å². The molecule has 230 valence electrons. The van der Waals surface area contributed by atoms with Gasteiger partial charge in [0.05, 0.1) is 21.5 Å². The van der Waals surface area contributed by atoms with Crippen molar-refractivity contribution >= 4 is 21.6 Å². The largest absolute Gasteiger partial charge is 0.507 e. The average Bonchev–Trinajstić information content (AvgIpc) is 3.60. The van der Waals surface area contributed by atoms with Crippen LogP contribution in [0.25, 0.3) is 65.4 Å². The van der Waals surface area contributed by atoms with Gasteiger partial charge in [0.25, 0.3) is 0 Å². The minimum Gasteiger partial charge on any atom is -0.507 e. The lowest BCUT2D eigenvalue weighted by Gasteiger charge is -2.18. The van der Waals surface area contributed by atoms with Gasteiger partial charge in [0.15, 0.2) is 0 Å². The average molecular weight is 637 g/mol. The topological polar surface area (TPSA) is 46.0 Å². The molecule has 0 aliphatic rings. The Balaban J connectivity index is 1.23. The zero-order valence-electron chi connectivity index (χ0n) is 26.4. The van der Waals surface area contributed by atoms with Crippen LogP contribution < -0.4 is 0 Å². The molecule has 0 bridgehead atoms. The van der Waals surface area contributed by atoms with Gasteiger partial charge in [-0.05, 0) is 69.8 Å². The predicted octanol–water partition coefficient (Wildman–Crippen LogP) is 11.9. The van der Waals surface area contributed by atoms with Gasteiger partial charge in [-0.2, -0.15) is 0 Å². The molecular formula is C44H32N2OS. The second-order valence-electron chi connectivity index (χ2n) is 12.0. The number of aromatic hydroxyl groups is 1. The lowest BCUT2D eigenvalue weighted by atomic mass is 9.88. The zero-order chi connectivity index (χ0) is 32.5. The molecule has 8 rings (SSSR count). The number of para-hydroxylation sites is 1. The Labute approximate surface area is 284 Å². The molecule has 2 heterocycles. The van der Waals surface area contributed by atoms with Gasteiger partial charge in [-0.25, -0.2) is 4.98 Å². The first-order chi connectivity index (χ1) is 23.6. The molecule has 3 nitrogen and oxygen atoms in total. The van der Waals surface area contributed by atoms with Gasteiger partial charge >= 0.3 is 0 Å². The minimum atomic E-state index is -0.00436. The summed E-state index contributed by atoms with van der Waals surface area (Å²) in [6.07, 6.45) is 1.88. The number of hydrogen-bond acceptors (Lipinski definition) is 4. The van der Waals surface area contributed by atoms with E-state index in [0.717, 1.165) is 76.6 Å². The van der Waals surface area contributed by atoms with E-state index in [4.69, 9.17) is 9.97 Å². The monoisotopic (exact) mass is 636 g/mol. The summed E-state index contributed by atoms with van der Waals surface area (Å²) in [6.45, 7) is 2.15. The maximum absolute atomic E-state index is 11.9. The van der Waals surface area contributed by atoms with Crippen LogP contribution in [0.15, 0.2) is 164 Å². The highest BCUT2D eigenvalue weighted by atomic mass is 32.1. The Morgan fingerprint density at radius 1 is 0.542 bits per heavy atom. The van der Waals surface area contributed by atoms with Crippen molar-refractivity contribution in [2.45, 2.75) is 12.8 Å². The molecule has 0 radical (unpaired) electrons. The number of pyridine rings is 1.